The van der Waals surface area contributed by atoms with Gasteiger partial charge >= 0.3 is 0 Å². The highest BCUT2D eigenvalue weighted by Gasteiger charge is 2.45. The van der Waals surface area contributed by atoms with Gasteiger partial charge in [0.1, 0.15) is 0 Å². The summed E-state index contributed by atoms with van der Waals surface area (Å²) in [5.41, 5.74) is 2.56. The van der Waals surface area contributed by atoms with Gasteiger partial charge < -0.3 is 4.90 Å². The summed E-state index contributed by atoms with van der Waals surface area (Å²) >= 11 is 0. The second kappa shape index (κ2) is 7.71. The Hall–Kier alpha value is -2.36. The minimum absolute atomic E-state index is 0.00243. The molecule has 0 bridgehead atoms. The van der Waals surface area contributed by atoms with Crippen molar-refractivity contribution in [2.45, 2.75) is 62.9 Å². The van der Waals surface area contributed by atoms with Gasteiger partial charge in [-0.15, -0.1) is 0 Å². The van der Waals surface area contributed by atoms with Gasteiger partial charge in [-0.25, -0.2) is 0 Å². The van der Waals surface area contributed by atoms with Crippen LogP contribution in [0.1, 0.15) is 62.1 Å². The standard InChI is InChI=1S/C23H29N3O/c1-2-22(27)25(18-23(13-14-23)20-9-5-3-6-10-20)16-19-15-24-26(17-19)21-11-7-4-8-12-21/h2-3,5-6,9-10,15,17,21H,1,4,7-8,11-14,16,18H2. The maximum Gasteiger partial charge on any atom is 0.246 e. The third-order valence-corrected chi connectivity index (χ3v) is 6.20. The van der Waals surface area contributed by atoms with Crippen LogP contribution in [-0.4, -0.2) is 27.1 Å². The van der Waals surface area contributed by atoms with Gasteiger partial charge in [-0.3, -0.25) is 9.48 Å². The lowest BCUT2D eigenvalue weighted by atomic mass is 9.95. The monoisotopic (exact) mass is 363 g/mol. The fraction of sp³-hybridized carbons (Fsp3) is 0.478. The van der Waals surface area contributed by atoms with E-state index in [0.29, 0.717) is 12.6 Å². The zero-order chi connectivity index (χ0) is 18.7. The Balaban J connectivity index is 1.48. The molecule has 142 valence electrons. The third kappa shape index (κ3) is 4.00. The fourth-order valence-corrected chi connectivity index (χ4v) is 4.41. The van der Waals surface area contributed by atoms with E-state index in [2.05, 4.69) is 46.8 Å². The fourth-order valence-electron chi connectivity index (χ4n) is 4.41. The van der Waals surface area contributed by atoms with Gasteiger partial charge in [0.15, 0.2) is 0 Å². The van der Waals surface area contributed by atoms with Crippen molar-refractivity contribution >= 4 is 5.91 Å². The quantitative estimate of drug-likeness (QED) is 0.673. The molecule has 1 aromatic heterocycles. The van der Waals surface area contributed by atoms with Crippen molar-refractivity contribution < 1.29 is 4.79 Å². The molecule has 2 aliphatic carbocycles. The molecule has 1 amide bonds. The number of nitrogens with zero attached hydrogens (tertiary/aromatic N) is 3. The number of hydrogen-bond acceptors (Lipinski definition) is 2. The molecule has 0 atom stereocenters. The lowest BCUT2D eigenvalue weighted by Gasteiger charge is -2.27. The van der Waals surface area contributed by atoms with Crippen LogP contribution in [0.15, 0.2) is 55.4 Å². The van der Waals surface area contributed by atoms with Crippen LogP contribution in [0, 0.1) is 0 Å². The largest absolute Gasteiger partial charge is 0.334 e. The summed E-state index contributed by atoms with van der Waals surface area (Å²) in [5, 5.41) is 4.60. The third-order valence-electron chi connectivity index (χ3n) is 6.20. The molecule has 0 N–H and O–H groups in total. The van der Waals surface area contributed by atoms with Crippen molar-refractivity contribution in [3.05, 3.63) is 66.5 Å². The van der Waals surface area contributed by atoms with E-state index in [1.165, 1.54) is 43.7 Å². The molecule has 1 heterocycles. The van der Waals surface area contributed by atoms with Gasteiger partial charge in [0.05, 0.1) is 12.2 Å². The van der Waals surface area contributed by atoms with Crippen molar-refractivity contribution in [3.8, 4) is 0 Å². The molecule has 0 saturated heterocycles. The predicted octanol–water partition coefficient (Wildman–Crippen LogP) is 4.63. The van der Waals surface area contributed by atoms with Crippen LogP contribution in [0.25, 0.3) is 0 Å². The number of carbonyl (C=O) groups is 1. The van der Waals surface area contributed by atoms with E-state index in [0.717, 1.165) is 24.9 Å². The second-order valence-corrected chi connectivity index (χ2v) is 8.17. The number of aromatic nitrogens is 2. The summed E-state index contributed by atoms with van der Waals surface area (Å²) in [6, 6.07) is 11.1. The number of hydrogen-bond donors (Lipinski definition) is 0. The van der Waals surface area contributed by atoms with Crippen molar-refractivity contribution in [1.82, 2.24) is 14.7 Å². The first-order valence-corrected chi connectivity index (χ1v) is 10.2. The first-order chi connectivity index (χ1) is 13.2. The average molecular weight is 364 g/mol. The van der Waals surface area contributed by atoms with Crippen LogP contribution in [-0.2, 0) is 16.8 Å². The Morgan fingerprint density at radius 3 is 2.63 bits per heavy atom. The van der Waals surface area contributed by atoms with Gasteiger partial charge in [-0.2, -0.15) is 5.10 Å². The molecule has 0 spiro atoms. The van der Waals surface area contributed by atoms with E-state index in [4.69, 9.17) is 0 Å². The van der Waals surface area contributed by atoms with Crippen LogP contribution in [0.3, 0.4) is 0 Å². The molecule has 2 aromatic rings. The van der Waals surface area contributed by atoms with Crippen LogP contribution in [0.4, 0.5) is 0 Å². The Morgan fingerprint density at radius 1 is 1.22 bits per heavy atom. The minimum atomic E-state index is 0.00243. The molecule has 2 fully saturated rings. The Labute approximate surface area is 161 Å². The number of amides is 1. The number of carbonyl (C=O) groups excluding carboxylic acids is 1. The molecule has 27 heavy (non-hydrogen) atoms. The van der Waals surface area contributed by atoms with Crippen molar-refractivity contribution in [3.63, 3.8) is 0 Å². The Kier molecular flexibility index (Phi) is 5.15. The van der Waals surface area contributed by atoms with E-state index >= 15 is 0 Å². The lowest BCUT2D eigenvalue weighted by molar-refractivity contribution is -0.127. The van der Waals surface area contributed by atoms with Crippen LogP contribution >= 0.6 is 0 Å². The van der Waals surface area contributed by atoms with Gasteiger partial charge in [0.25, 0.3) is 0 Å². The zero-order valence-corrected chi connectivity index (χ0v) is 16.0. The molecule has 2 saturated carbocycles. The van der Waals surface area contributed by atoms with E-state index in [1.807, 2.05) is 17.2 Å². The Morgan fingerprint density at radius 2 is 1.96 bits per heavy atom. The molecule has 0 radical (unpaired) electrons. The van der Waals surface area contributed by atoms with E-state index in [9.17, 15) is 4.79 Å². The number of rotatable bonds is 7. The highest BCUT2D eigenvalue weighted by molar-refractivity contribution is 5.87. The smallest absolute Gasteiger partial charge is 0.246 e. The molecule has 0 unspecified atom stereocenters. The first kappa shape index (κ1) is 18.0. The maximum absolute atomic E-state index is 12.5. The van der Waals surface area contributed by atoms with Crippen molar-refractivity contribution in [1.29, 1.82) is 0 Å². The van der Waals surface area contributed by atoms with E-state index in [1.54, 1.807) is 0 Å². The summed E-state index contributed by atoms with van der Waals surface area (Å²) in [5.74, 6) is 0.00243. The normalized spacial score (nSPS) is 18.8. The van der Waals surface area contributed by atoms with Crippen molar-refractivity contribution in [2.24, 2.45) is 0 Å². The van der Waals surface area contributed by atoms with E-state index < -0.39 is 0 Å². The molecule has 4 nitrogen and oxygen atoms in total. The summed E-state index contributed by atoms with van der Waals surface area (Å²) in [6.07, 6.45) is 14.1. The minimum Gasteiger partial charge on any atom is -0.334 e. The average Bonchev–Trinajstić information content (AvgIpc) is 3.37. The SMILES string of the molecule is C=CC(=O)N(Cc1cnn(C2CCCCC2)c1)CC1(c2ccccc2)CC1. The molecule has 4 rings (SSSR count). The zero-order valence-electron chi connectivity index (χ0n) is 16.0. The van der Waals surface area contributed by atoms with Gasteiger partial charge in [0, 0.05) is 30.3 Å². The van der Waals surface area contributed by atoms with Gasteiger partial charge in [-0.05, 0) is 37.3 Å². The summed E-state index contributed by atoms with van der Waals surface area (Å²) in [7, 11) is 0. The summed E-state index contributed by atoms with van der Waals surface area (Å²) in [6.45, 7) is 5.06. The topological polar surface area (TPSA) is 38.1 Å². The van der Waals surface area contributed by atoms with Crippen LogP contribution < -0.4 is 0 Å². The van der Waals surface area contributed by atoms with E-state index in [-0.39, 0.29) is 11.3 Å². The summed E-state index contributed by atoms with van der Waals surface area (Å²) in [4.78, 5) is 14.5. The summed E-state index contributed by atoms with van der Waals surface area (Å²) < 4.78 is 2.12. The van der Waals surface area contributed by atoms with Crippen LogP contribution in [0.5, 0.6) is 0 Å². The van der Waals surface area contributed by atoms with Gasteiger partial charge in [-0.1, -0.05) is 56.2 Å². The Bertz CT molecular complexity index is 785. The van der Waals surface area contributed by atoms with Crippen molar-refractivity contribution in [2.75, 3.05) is 6.54 Å². The molecule has 4 heteroatoms. The van der Waals surface area contributed by atoms with Crippen LogP contribution in [0.2, 0.25) is 0 Å². The molecular weight excluding hydrogens is 334 g/mol. The predicted molar refractivity (Wildman–Crippen MR) is 107 cm³/mol. The van der Waals surface area contributed by atoms with Gasteiger partial charge in [0.2, 0.25) is 5.91 Å². The molecular formula is C23H29N3O. The first-order valence-electron chi connectivity index (χ1n) is 10.2. The number of benzene rings is 1. The molecule has 2 aliphatic rings. The molecule has 0 aliphatic heterocycles. The molecule has 1 aromatic carbocycles. The second-order valence-electron chi connectivity index (χ2n) is 8.17. The highest BCUT2D eigenvalue weighted by atomic mass is 16.2. The maximum atomic E-state index is 12.5. The lowest BCUT2D eigenvalue weighted by Crippen LogP contribution is -2.36. The highest BCUT2D eigenvalue weighted by Crippen LogP contribution is 2.48.